The lowest BCUT2D eigenvalue weighted by atomic mass is 10.1. The van der Waals surface area contributed by atoms with Gasteiger partial charge in [-0.2, -0.15) is 5.10 Å². The van der Waals surface area contributed by atoms with Gasteiger partial charge in [-0.25, -0.2) is 12.8 Å². The molecular formula is C21H21BrFN3O3S. The molecule has 0 spiro atoms. The molecule has 0 aliphatic heterocycles. The van der Waals surface area contributed by atoms with Crippen molar-refractivity contribution in [2.75, 3.05) is 5.32 Å². The van der Waals surface area contributed by atoms with E-state index in [1.807, 2.05) is 0 Å². The van der Waals surface area contributed by atoms with Crippen molar-refractivity contribution in [3.8, 4) is 0 Å². The van der Waals surface area contributed by atoms with Gasteiger partial charge in [-0.15, -0.1) is 0 Å². The van der Waals surface area contributed by atoms with E-state index in [0.29, 0.717) is 21.4 Å². The number of anilines is 1. The molecule has 0 aliphatic rings. The molecule has 1 aromatic heterocycles. The molecule has 3 rings (SSSR count). The lowest BCUT2D eigenvalue weighted by Gasteiger charge is -2.08. The van der Waals surface area contributed by atoms with Gasteiger partial charge < -0.3 is 5.32 Å². The number of amides is 1. The Morgan fingerprint density at radius 3 is 2.47 bits per heavy atom. The average molecular weight is 494 g/mol. The Bertz CT molecular complexity index is 1160. The summed E-state index contributed by atoms with van der Waals surface area (Å²) in [6.07, 6.45) is 1.72. The molecule has 0 saturated heterocycles. The maximum absolute atomic E-state index is 13.8. The molecule has 6 nitrogen and oxygen atoms in total. The molecule has 0 aliphatic carbocycles. The molecule has 1 N–H and O–H groups in total. The van der Waals surface area contributed by atoms with Crippen LogP contribution in [0.15, 0.2) is 64.1 Å². The van der Waals surface area contributed by atoms with Crippen LogP contribution in [0.5, 0.6) is 0 Å². The summed E-state index contributed by atoms with van der Waals surface area (Å²) in [5, 5.41) is 6.49. The molecule has 9 heteroatoms. The third-order valence-electron chi connectivity index (χ3n) is 4.50. The molecule has 0 fully saturated rings. The Morgan fingerprint density at radius 1 is 1.17 bits per heavy atom. The van der Waals surface area contributed by atoms with Crippen LogP contribution in [0, 0.1) is 5.82 Å². The number of carbonyl (C=O) groups excluding carboxylic acids is 1. The summed E-state index contributed by atoms with van der Waals surface area (Å²) in [7, 11) is -3.35. The van der Waals surface area contributed by atoms with Crippen molar-refractivity contribution >= 4 is 37.5 Å². The topological polar surface area (TPSA) is 81.1 Å². The summed E-state index contributed by atoms with van der Waals surface area (Å²) in [6, 6.07) is 12.7. The zero-order valence-electron chi connectivity index (χ0n) is 16.5. The van der Waals surface area contributed by atoms with Crippen molar-refractivity contribution < 1.29 is 17.6 Å². The van der Waals surface area contributed by atoms with E-state index >= 15 is 0 Å². The van der Waals surface area contributed by atoms with E-state index < -0.39 is 15.1 Å². The molecule has 3 aromatic rings. The monoisotopic (exact) mass is 493 g/mol. The first-order valence-corrected chi connectivity index (χ1v) is 11.6. The number of halogens is 2. The quantitative estimate of drug-likeness (QED) is 0.534. The largest absolute Gasteiger partial charge is 0.308 e. The lowest BCUT2D eigenvalue weighted by molar-refractivity contribution is -0.115. The van der Waals surface area contributed by atoms with Crippen LogP contribution in [0.1, 0.15) is 25.0 Å². The maximum atomic E-state index is 13.8. The fraction of sp³-hybridized carbons (Fsp3) is 0.238. The molecule has 30 heavy (non-hydrogen) atoms. The highest BCUT2D eigenvalue weighted by molar-refractivity contribution is 9.10. The number of hydrogen-bond acceptors (Lipinski definition) is 4. The Kier molecular flexibility index (Phi) is 6.72. The minimum Gasteiger partial charge on any atom is -0.308 e. The number of rotatable bonds is 7. The van der Waals surface area contributed by atoms with Gasteiger partial charge in [0, 0.05) is 11.8 Å². The second-order valence-electron chi connectivity index (χ2n) is 7.08. The summed E-state index contributed by atoms with van der Waals surface area (Å²) in [6.45, 7) is 3.48. The highest BCUT2D eigenvalue weighted by atomic mass is 79.9. The van der Waals surface area contributed by atoms with Crippen LogP contribution in [0.25, 0.3) is 0 Å². The van der Waals surface area contributed by atoms with E-state index in [2.05, 4.69) is 26.3 Å². The van der Waals surface area contributed by atoms with Gasteiger partial charge >= 0.3 is 0 Å². The van der Waals surface area contributed by atoms with Gasteiger partial charge in [0.25, 0.3) is 0 Å². The van der Waals surface area contributed by atoms with Gasteiger partial charge in [-0.3, -0.25) is 9.48 Å². The number of sulfone groups is 1. The lowest BCUT2D eigenvalue weighted by Crippen LogP contribution is -2.16. The van der Waals surface area contributed by atoms with Gasteiger partial charge in [0.15, 0.2) is 15.7 Å². The van der Waals surface area contributed by atoms with E-state index in [1.54, 1.807) is 50.4 Å². The van der Waals surface area contributed by atoms with Crippen LogP contribution in [0.2, 0.25) is 0 Å². The second-order valence-corrected chi connectivity index (χ2v) is 10.4. The van der Waals surface area contributed by atoms with Crippen LogP contribution >= 0.6 is 15.9 Å². The predicted octanol–water partition coefficient (Wildman–Crippen LogP) is 4.20. The number of nitrogens with one attached hydrogen (secondary N) is 1. The third kappa shape index (κ3) is 5.14. The zero-order valence-corrected chi connectivity index (χ0v) is 18.9. The Hall–Kier alpha value is -2.52. The second kappa shape index (κ2) is 9.09. The molecule has 1 amide bonds. The fourth-order valence-corrected chi connectivity index (χ4v) is 4.27. The van der Waals surface area contributed by atoms with Gasteiger partial charge in [-0.05, 0) is 53.5 Å². The Labute approximate surface area is 183 Å². The number of benzene rings is 2. The molecular weight excluding hydrogens is 473 g/mol. The SMILES string of the molecule is CC(C)S(=O)(=O)c1ccc(CC(=O)Nc2nn(Cc3ccccc3F)cc2Br)cc1. The highest BCUT2D eigenvalue weighted by Crippen LogP contribution is 2.22. The van der Waals surface area contributed by atoms with Gasteiger partial charge in [0.1, 0.15) is 5.82 Å². The van der Waals surface area contributed by atoms with Crippen molar-refractivity contribution in [3.05, 3.63) is 76.1 Å². The molecule has 0 unspecified atom stereocenters. The standard InChI is InChI=1S/C21H21BrFN3O3S/c1-14(2)30(28,29)17-9-7-15(8-10-17)11-20(27)24-21-18(22)13-26(25-21)12-16-5-3-4-6-19(16)23/h3-10,13-14H,11-12H2,1-2H3,(H,24,25,27). The zero-order chi connectivity index (χ0) is 21.9. The van der Waals surface area contributed by atoms with E-state index in [9.17, 15) is 17.6 Å². The minimum absolute atomic E-state index is 0.0641. The number of nitrogens with zero attached hydrogens (tertiary/aromatic N) is 2. The van der Waals surface area contributed by atoms with Crippen molar-refractivity contribution in [2.45, 2.75) is 37.0 Å². The first kappa shape index (κ1) is 22.2. The maximum Gasteiger partial charge on any atom is 0.230 e. The summed E-state index contributed by atoms with van der Waals surface area (Å²) >= 11 is 3.35. The number of hydrogen-bond donors (Lipinski definition) is 1. The van der Waals surface area contributed by atoms with Gasteiger partial charge in [-0.1, -0.05) is 30.3 Å². The van der Waals surface area contributed by atoms with Gasteiger partial charge in [0.2, 0.25) is 5.91 Å². The molecule has 2 aromatic carbocycles. The Morgan fingerprint density at radius 2 is 1.83 bits per heavy atom. The molecule has 1 heterocycles. The summed E-state index contributed by atoms with van der Waals surface area (Å²) < 4.78 is 40.3. The average Bonchev–Trinajstić information content (AvgIpc) is 3.02. The van der Waals surface area contributed by atoms with Crippen molar-refractivity contribution in [2.24, 2.45) is 0 Å². The highest BCUT2D eigenvalue weighted by Gasteiger charge is 2.19. The molecule has 0 bridgehead atoms. The predicted molar refractivity (Wildman–Crippen MR) is 117 cm³/mol. The minimum atomic E-state index is -3.35. The van der Waals surface area contributed by atoms with E-state index in [1.165, 1.54) is 22.9 Å². The van der Waals surface area contributed by atoms with E-state index in [-0.39, 0.29) is 29.6 Å². The smallest absolute Gasteiger partial charge is 0.230 e. The Balaban J connectivity index is 1.65. The third-order valence-corrected chi connectivity index (χ3v) is 7.25. The number of carbonyl (C=O) groups is 1. The van der Waals surface area contributed by atoms with E-state index in [0.717, 1.165) is 0 Å². The molecule has 0 radical (unpaired) electrons. The van der Waals surface area contributed by atoms with Crippen LogP contribution < -0.4 is 5.32 Å². The van der Waals surface area contributed by atoms with Crippen LogP contribution in [-0.4, -0.2) is 29.4 Å². The van der Waals surface area contributed by atoms with Gasteiger partial charge in [0.05, 0.1) is 27.6 Å². The summed E-state index contributed by atoms with van der Waals surface area (Å²) in [4.78, 5) is 12.6. The molecule has 158 valence electrons. The van der Waals surface area contributed by atoms with E-state index in [4.69, 9.17) is 0 Å². The number of aromatic nitrogens is 2. The fourth-order valence-electron chi connectivity index (χ4n) is 2.79. The van der Waals surface area contributed by atoms with Crippen molar-refractivity contribution in [1.82, 2.24) is 9.78 Å². The normalized spacial score (nSPS) is 11.6. The van der Waals surface area contributed by atoms with Crippen LogP contribution in [-0.2, 0) is 27.6 Å². The summed E-state index contributed by atoms with van der Waals surface area (Å²) in [5.41, 5.74) is 1.17. The van der Waals surface area contributed by atoms with Crippen LogP contribution in [0.4, 0.5) is 10.2 Å². The first-order chi connectivity index (χ1) is 14.2. The first-order valence-electron chi connectivity index (χ1n) is 9.26. The van der Waals surface area contributed by atoms with Crippen LogP contribution in [0.3, 0.4) is 0 Å². The van der Waals surface area contributed by atoms with Crippen molar-refractivity contribution in [3.63, 3.8) is 0 Å². The molecule has 0 atom stereocenters. The molecule has 0 saturated carbocycles. The summed E-state index contributed by atoms with van der Waals surface area (Å²) in [5.74, 6) is -0.292. The van der Waals surface area contributed by atoms with Crippen molar-refractivity contribution in [1.29, 1.82) is 0 Å².